The highest BCUT2D eigenvalue weighted by Gasteiger charge is 2.28. The van der Waals surface area contributed by atoms with Gasteiger partial charge in [0.15, 0.2) is 0 Å². The molecule has 0 spiro atoms. The first kappa shape index (κ1) is 17.7. The third-order valence-corrected chi connectivity index (χ3v) is 5.44. The minimum absolute atomic E-state index is 0.0656. The molecule has 132 valence electrons. The van der Waals surface area contributed by atoms with Crippen molar-refractivity contribution in [2.45, 2.75) is 31.6 Å². The summed E-state index contributed by atoms with van der Waals surface area (Å²) in [5.41, 5.74) is 1.10. The first-order chi connectivity index (χ1) is 12.3. The summed E-state index contributed by atoms with van der Waals surface area (Å²) >= 11 is 0. The van der Waals surface area contributed by atoms with Gasteiger partial charge in [-0.25, -0.2) is 0 Å². The van der Waals surface area contributed by atoms with E-state index in [4.69, 9.17) is 0 Å². The number of nitrogens with zero attached hydrogens (tertiary/aromatic N) is 3. The van der Waals surface area contributed by atoms with Crippen molar-refractivity contribution >= 4 is 5.91 Å². The van der Waals surface area contributed by atoms with Crippen molar-refractivity contribution < 1.29 is 4.79 Å². The molecule has 2 aliphatic heterocycles. The Balaban J connectivity index is 1.48. The van der Waals surface area contributed by atoms with Gasteiger partial charge in [0.2, 0.25) is 5.91 Å². The third kappa shape index (κ3) is 4.70. The fourth-order valence-electron chi connectivity index (χ4n) is 3.94. The summed E-state index contributed by atoms with van der Waals surface area (Å²) in [6, 6.07) is 12.5. The molecule has 0 aliphatic carbocycles. The molecule has 25 heavy (non-hydrogen) atoms. The van der Waals surface area contributed by atoms with Gasteiger partial charge in [-0.05, 0) is 50.3 Å². The van der Waals surface area contributed by atoms with E-state index in [-0.39, 0.29) is 11.8 Å². The maximum atomic E-state index is 12.3. The number of likely N-dealkylation sites (tertiary alicyclic amines) is 2. The monoisotopic (exact) mass is 337 g/mol. The predicted molar refractivity (Wildman–Crippen MR) is 98.9 cm³/mol. The molecule has 1 aromatic rings. The second-order valence-electron chi connectivity index (χ2n) is 7.09. The minimum atomic E-state index is -0.0656. The number of carbonyl (C=O) groups is 1. The molecular formula is C21H27N3O. The predicted octanol–water partition coefficient (Wildman–Crippen LogP) is 3.18. The second-order valence-corrected chi connectivity index (χ2v) is 7.09. The topological polar surface area (TPSA) is 47.3 Å². The summed E-state index contributed by atoms with van der Waals surface area (Å²) in [6.45, 7) is 4.69. The third-order valence-electron chi connectivity index (χ3n) is 5.44. The van der Waals surface area contributed by atoms with Crippen LogP contribution in [0.1, 0.15) is 37.2 Å². The summed E-state index contributed by atoms with van der Waals surface area (Å²) in [5.74, 6) is 0.389. The molecule has 2 aliphatic rings. The normalized spacial score (nSPS) is 20.7. The Kier molecular flexibility index (Phi) is 6.25. The smallest absolute Gasteiger partial charge is 0.246 e. The van der Waals surface area contributed by atoms with Gasteiger partial charge in [-0.3, -0.25) is 9.69 Å². The van der Waals surface area contributed by atoms with E-state index in [1.807, 2.05) is 41.3 Å². The van der Waals surface area contributed by atoms with Crippen molar-refractivity contribution in [2.24, 2.45) is 5.92 Å². The van der Waals surface area contributed by atoms with Crippen molar-refractivity contribution in [1.29, 1.82) is 5.26 Å². The van der Waals surface area contributed by atoms with Gasteiger partial charge in [-0.15, -0.1) is 0 Å². The highest BCUT2D eigenvalue weighted by Crippen LogP contribution is 2.32. The lowest BCUT2D eigenvalue weighted by molar-refractivity contribution is -0.127. The Hall–Kier alpha value is -2.12. The van der Waals surface area contributed by atoms with Gasteiger partial charge < -0.3 is 4.90 Å². The van der Waals surface area contributed by atoms with Gasteiger partial charge >= 0.3 is 0 Å². The van der Waals surface area contributed by atoms with E-state index in [0.29, 0.717) is 5.92 Å². The molecule has 2 fully saturated rings. The average Bonchev–Trinajstić information content (AvgIpc) is 3.17. The second kappa shape index (κ2) is 8.82. The van der Waals surface area contributed by atoms with Crippen molar-refractivity contribution in [1.82, 2.24) is 9.80 Å². The molecule has 4 nitrogen and oxygen atoms in total. The SMILES string of the molecule is N#CC(c1ccccc1)C1CCN(C(=O)/C=C/CN2CCCC2)CC1. The Morgan fingerprint density at radius 2 is 1.84 bits per heavy atom. The molecule has 2 heterocycles. The van der Waals surface area contributed by atoms with Crippen LogP contribution in [0.2, 0.25) is 0 Å². The first-order valence-electron chi connectivity index (χ1n) is 9.40. The van der Waals surface area contributed by atoms with Gasteiger partial charge in [0.25, 0.3) is 0 Å². The quantitative estimate of drug-likeness (QED) is 0.775. The Labute approximate surface area is 150 Å². The maximum absolute atomic E-state index is 12.3. The molecule has 1 unspecified atom stereocenters. The van der Waals surface area contributed by atoms with E-state index in [1.165, 1.54) is 12.8 Å². The van der Waals surface area contributed by atoms with Crippen LogP contribution in [-0.2, 0) is 4.79 Å². The van der Waals surface area contributed by atoms with Gasteiger partial charge in [-0.1, -0.05) is 36.4 Å². The van der Waals surface area contributed by atoms with Crippen LogP contribution in [0, 0.1) is 17.2 Å². The molecule has 1 atom stereocenters. The number of benzene rings is 1. The van der Waals surface area contributed by atoms with Crippen LogP contribution in [-0.4, -0.2) is 48.4 Å². The van der Waals surface area contributed by atoms with Crippen LogP contribution in [0.5, 0.6) is 0 Å². The molecule has 1 amide bonds. The van der Waals surface area contributed by atoms with Gasteiger partial charge in [0.1, 0.15) is 0 Å². The number of carbonyl (C=O) groups excluding carboxylic acids is 1. The van der Waals surface area contributed by atoms with E-state index in [0.717, 1.165) is 51.1 Å². The zero-order chi connectivity index (χ0) is 17.5. The first-order valence-corrected chi connectivity index (χ1v) is 9.40. The van der Waals surface area contributed by atoms with E-state index in [1.54, 1.807) is 6.08 Å². The van der Waals surface area contributed by atoms with Gasteiger partial charge in [-0.2, -0.15) is 5.26 Å². The van der Waals surface area contributed by atoms with Crippen LogP contribution >= 0.6 is 0 Å². The lowest BCUT2D eigenvalue weighted by atomic mass is 9.81. The Morgan fingerprint density at radius 3 is 2.48 bits per heavy atom. The Bertz CT molecular complexity index is 620. The van der Waals surface area contributed by atoms with Crippen molar-refractivity contribution in [3.63, 3.8) is 0 Å². The van der Waals surface area contributed by atoms with Crippen LogP contribution in [0.25, 0.3) is 0 Å². The number of rotatable bonds is 5. The molecule has 0 saturated carbocycles. The number of hydrogen-bond acceptors (Lipinski definition) is 3. The summed E-state index contributed by atoms with van der Waals surface area (Å²) in [7, 11) is 0. The molecule has 0 radical (unpaired) electrons. The summed E-state index contributed by atoms with van der Waals surface area (Å²) in [4.78, 5) is 16.7. The molecule has 3 rings (SSSR count). The molecule has 0 bridgehead atoms. The largest absolute Gasteiger partial charge is 0.339 e. The van der Waals surface area contributed by atoms with Crippen LogP contribution in [0.3, 0.4) is 0 Å². The molecule has 0 aromatic heterocycles. The van der Waals surface area contributed by atoms with Crippen molar-refractivity contribution in [3.05, 3.63) is 48.0 Å². The molecule has 0 N–H and O–H groups in total. The fraction of sp³-hybridized carbons (Fsp3) is 0.524. The molecule has 4 heteroatoms. The van der Waals surface area contributed by atoms with E-state index in [2.05, 4.69) is 11.0 Å². The van der Waals surface area contributed by atoms with E-state index >= 15 is 0 Å². The molecule has 1 aromatic carbocycles. The molecule has 2 saturated heterocycles. The molecular weight excluding hydrogens is 310 g/mol. The zero-order valence-corrected chi connectivity index (χ0v) is 14.8. The minimum Gasteiger partial charge on any atom is -0.339 e. The van der Waals surface area contributed by atoms with Crippen molar-refractivity contribution in [2.75, 3.05) is 32.7 Å². The van der Waals surface area contributed by atoms with E-state index < -0.39 is 0 Å². The summed E-state index contributed by atoms with van der Waals surface area (Å²) in [6.07, 6.45) is 8.09. The number of piperidine rings is 1. The number of nitriles is 1. The lowest BCUT2D eigenvalue weighted by Gasteiger charge is -2.33. The number of amides is 1. The fourth-order valence-corrected chi connectivity index (χ4v) is 3.94. The maximum Gasteiger partial charge on any atom is 0.246 e. The van der Waals surface area contributed by atoms with Crippen LogP contribution < -0.4 is 0 Å². The lowest BCUT2D eigenvalue weighted by Crippen LogP contribution is -2.38. The van der Waals surface area contributed by atoms with Gasteiger partial charge in [0.05, 0.1) is 12.0 Å². The van der Waals surface area contributed by atoms with Crippen molar-refractivity contribution in [3.8, 4) is 6.07 Å². The summed E-state index contributed by atoms with van der Waals surface area (Å²) in [5, 5.41) is 9.58. The summed E-state index contributed by atoms with van der Waals surface area (Å²) < 4.78 is 0. The van der Waals surface area contributed by atoms with Crippen LogP contribution in [0.15, 0.2) is 42.5 Å². The van der Waals surface area contributed by atoms with E-state index in [9.17, 15) is 10.1 Å². The highest BCUT2D eigenvalue weighted by atomic mass is 16.2. The standard InChI is InChI=1S/C21H27N3O/c22-17-20(18-7-2-1-3-8-18)19-10-15-24(16-11-19)21(25)9-6-14-23-12-4-5-13-23/h1-3,6-9,19-20H,4-5,10-16H2/b9-6+. The average molecular weight is 337 g/mol. The Morgan fingerprint density at radius 1 is 1.16 bits per heavy atom. The number of hydrogen-bond donors (Lipinski definition) is 0. The zero-order valence-electron chi connectivity index (χ0n) is 14.8. The highest BCUT2D eigenvalue weighted by molar-refractivity contribution is 5.87. The van der Waals surface area contributed by atoms with Crippen LogP contribution in [0.4, 0.5) is 0 Å². The van der Waals surface area contributed by atoms with Gasteiger partial charge in [0, 0.05) is 25.7 Å².